The van der Waals surface area contributed by atoms with Crippen molar-refractivity contribution in [1.82, 2.24) is 8.05 Å². The predicted molar refractivity (Wildman–Crippen MR) is 209 cm³/mol. The van der Waals surface area contributed by atoms with E-state index in [-0.39, 0.29) is 62.1 Å². The van der Waals surface area contributed by atoms with Gasteiger partial charge in [0.1, 0.15) is 0 Å². The van der Waals surface area contributed by atoms with Gasteiger partial charge in [-0.3, -0.25) is 0 Å². The molecule has 0 fully saturated rings. The summed E-state index contributed by atoms with van der Waals surface area (Å²) in [6.45, 7) is 16.3. The Morgan fingerprint density at radius 1 is 0.540 bits per heavy atom. The summed E-state index contributed by atoms with van der Waals surface area (Å²) in [7, 11) is -3.46. The summed E-state index contributed by atoms with van der Waals surface area (Å²) < 4.78 is 5.79. The van der Waals surface area contributed by atoms with Gasteiger partial charge in [0.25, 0.3) is 0 Å². The molecule has 0 aromatic heterocycles. The third-order valence-corrected chi connectivity index (χ3v) is 13.7. The van der Waals surface area contributed by atoms with Crippen LogP contribution in [0.15, 0.2) is 121 Å². The minimum absolute atomic E-state index is 0. The summed E-state index contributed by atoms with van der Waals surface area (Å²) in [5, 5.41) is 5.37. The van der Waals surface area contributed by atoms with Crippen LogP contribution in [0.25, 0.3) is 43.8 Å². The molecule has 0 aliphatic rings. The van der Waals surface area contributed by atoms with E-state index in [1.54, 1.807) is 0 Å². The number of hydrogen-bond acceptors (Lipinski definition) is 2. The van der Waals surface area contributed by atoms with Gasteiger partial charge in [0.15, 0.2) is 0 Å². The standard InChI is InChI=1S/2C16H13.2C4H11NOSi.2ClH.Ga.Zr/c2*1-12-10-14-8-5-9-15(16(14)11-12)13-6-3-2-4-7-13;2*1-7(2,3)4(5)6;;;;/h2*2-11H,1H3;2*1-3H3,(H2,5,6);2*1H;;/q2*-1;;;;;+2;+4/p-4. The minimum Gasteiger partial charge on any atom is -1.00 e. The van der Waals surface area contributed by atoms with E-state index in [1.807, 2.05) is 39.3 Å². The molecule has 0 aliphatic heterocycles. The Bertz CT molecular complexity index is 1810. The summed E-state index contributed by atoms with van der Waals surface area (Å²) >= 11 is -1.13. The molecule has 6 rings (SSSR count). The summed E-state index contributed by atoms with van der Waals surface area (Å²) in [6.07, 6.45) is 0. The monoisotopic (exact) mass is 871 g/mol. The van der Waals surface area contributed by atoms with Gasteiger partial charge in [0, 0.05) is 0 Å². The topological polar surface area (TPSA) is 58.2 Å². The summed E-state index contributed by atoms with van der Waals surface area (Å²) in [4.78, 5) is 23.1. The second kappa shape index (κ2) is 20.6. The molecule has 257 valence electrons. The third kappa shape index (κ3) is 13.0. The maximum atomic E-state index is 11.5. The van der Waals surface area contributed by atoms with Gasteiger partial charge in [-0.2, -0.15) is 12.1 Å². The zero-order valence-corrected chi connectivity index (χ0v) is 38.6. The third-order valence-electron chi connectivity index (χ3n) is 7.73. The fourth-order valence-corrected chi connectivity index (χ4v) is 12.9. The second-order valence-corrected chi connectivity index (χ2v) is 25.7. The molecule has 10 heteroatoms. The van der Waals surface area contributed by atoms with E-state index in [0.717, 1.165) is 0 Å². The zero-order chi connectivity index (χ0) is 34.2. The van der Waals surface area contributed by atoms with Crippen LogP contribution in [0.5, 0.6) is 0 Å². The Morgan fingerprint density at radius 3 is 1.20 bits per heavy atom. The van der Waals surface area contributed by atoms with Crippen molar-refractivity contribution in [2.75, 3.05) is 0 Å². The van der Waals surface area contributed by atoms with Gasteiger partial charge in [-0.05, 0) is 11.1 Å². The molecule has 0 heterocycles. The molecule has 0 bridgehead atoms. The number of nitrogens with one attached hydrogen (secondary N) is 2. The maximum absolute atomic E-state index is 11.5. The number of carbonyl (C=O) groups excluding carboxylic acids is 2. The molecule has 0 aliphatic carbocycles. The first-order chi connectivity index (χ1) is 22.2. The van der Waals surface area contributed by atoms with Crippen molar-refractivity contribution in [2.24, 2.45) is 0 Å². The van der Waals surface area contributed by atoms with Crippen molar-refractivity contribution >= 4 is 66.6 Å². The van der Waals surface area contributed by atoms with Crippen molar-refractivity contribution in [3.05, 3.63) is 132 Å². The van der Waals surface area contributed by atoms with Crippen LogP contribution in [-0.4, -0.2) is 45.1 Å². The van der Waals surface area contributed by atoms with Gasteiger partial charge in [0.2, 0.25) is 0 Å². The molecule has 1 radical (unpaired) electrons. The number of hydrogen-bond donors (Lipinski definition) is 2. The average molecular weight is 875 g/mol. The largest absolute Gasteiger partial charge is 4.00 e. The molecule has 2 amide bonds. The van der Waals surface area contributed by atoms with E-state index in [2.05, 4.69) is 143 Å². The number of benzene rings is 4. The summed E-state index contributed by atoms with van der Waals surface area (Å²) in [6, 6.07) is 43.1. The van der Waals surface area contributed by atoms with Crippen molar-refractivity contribution in [3.63, 3.8) is 0 Å². The number of halogens is 2. The van der Waals surface area contributed by atoms with E-state index < -0.39 is 34.0 Å². The molecule has 50 heavy (non-hydrogen) atoms. The van der Waals surface area contributed by atoms with Crippen molar-refractivity contribution < 1.29 is 60.6 Å². The molecule has 0 spiro atoms. The van der Waals surface area contributed by atoms with Crippen LogP contribution >= 0.6 is 0 Å². The number of rotatable bonds is 6. The quantitative estimate of drug-likeness (QED) is 0.186. The molecule has 2 N–H and O–H groups in total. The van der Waals surface area contributed by atoms with E-state index in [1.165, 1.54) is 54.9 Å². The SMILES string of the molecule is C[Si](C)(C)C(=O)[NH][Ga][NH]C(=O)[Si](C)(C)C.Cc1cc2c(-c3ccccc3)cccc2[cH-]1.Cc1cc2c(-c3ccccc3)cccc2[cH-]1.[Cl-].[Cl-].[Zr+4]. The van der Waals surface area contributed by atoms with Crippen LogP contribution in [-0.2, 0) is 26.2 Å². The number of amides is 2. The van der Waals surface area contributed by atoms with Gasteiger partial charge in [0.05, 0.1) is 0 Å². The van der Waals surface area contributed by atoms with Crippen molar-refractivity contribution in [3.8, 4) is 22.3 Å². The molecule has 4 nitrogen and oxygen atoms in total. The van der Waals surface area contributed by atoms with Crippen LogP contribution in [0.2, 0.25) is 39.3 Å². The summed E-state index contributed by atoms with van der Waals surface area (Å²) in [5.41, 5.74) is 8.20. The van der Waals surface area contributed by atoms with E-state index in [9.17, 15) is 9.59 Å². The van der Waals surface area contributed by atoms with Crippen molar-refractivity contribution in [1.29, 1.82) is 0 Å². The molecule has 0 saturated carbocycles. The number of fused-ring (bicyclic) bond motifs is 2. The number of carbonyl (C=O) groups is 2. The first-order valence-corrected chi connectivity index (χ1v) is 25.5. The van der Waals surface area contributed by atoms with Gasteiger partial charge < -0.3 is 24.8 Å². The average Bonchev–Trinajstić information content (AvgIpc) is 3.62. The Labute approximate surface area is 340 Å². The second-order valence-electron chi connectivity index (χ2n) is 14.0. The smallest absolute Gasteiger partial charge is 1.00 e. The Morgan fingerprint density at radius 2 is 0.880 bits per heavy atom. The molecule has 0 atom stereocenters. The normalized spacial score (nSPS) is 10.5. The van der Waals surface area contributed by atoms with Gasteiger partial charge in [-0.25, -0.2) is 0 Å². The minimum atomic E-state index is -1.73. The maximum Gasteiger partial charge on any atom is 4.00 e. The predicted octanol–water partition coefficient (Wildman–Crippen LogP) is 4.85. The molecular formula is C40H46Cl2GaN2O2Si2Zr. The van der Waals surface area contributed by atoms with Crippen LogP contribution in [0.4, 0.5) is 9.59 Å². The van der Waals surface area contributed by atoms with Crippen LogP contribution < -0.4 is 32.9 Å². The zero-order valence-electron chi connectivity index (χ0n) is 30.2. The number of aryl methyl sites for hydroxylation is 2. The summed E-state index contributed by atoms with van der Waals surface area (Å²) in [5.74, 6) is 0. The molecule has 0 unspecified atom stereocenters. The van der Waals surface area contributed by atoms with E-state index in [0.29, 0.717) is 0 Å². The first-order valence-electron chi connectivity index (χ1n) is 16.1. The Balaban J connectivity index is 0.000000365. The fourth-order valence-electron chi connectivity index (χ4n) is 5.11. The molecular weight excluding hydrogens is 828 g/mol. The van der Waals surface area contributed by atoms with Crippen molar-refractivity contribution in [2.45, 2.75) is 53.1 Å². The van der Waals surface area contributed by atoms with Gasteiger partial charge in [-0.15, -0.1) is 69.1 Å². The first kappa shape index (κ1) is 45.6. The van der Waals surface area contributed by atoms with Gasteiger partial charge >= 0.3 is 128 Å². The van der Waals surface area contributed by atoms with Gasteiger partial charge in [-0.1, -0.05) is 97.8 Å². The molecule has 0 saturated heterocycles. The van der Waals surface area contributed by atoms with E-state index in [4.69, 9.17) is 0 Å². The molecule has 6 aromatic rings. The Kier molecular flexibility index (Phi) is 18.8. The van der Waals surface area contributed by atoms with E-state index >= 15 is 0 Å². The fraction of sp³-hybridized carbons (Fsp3) is 0.200. The Hall–Kier alpha value is -2.43. The van der Waals surface area contributed by atoms with Crippen LogP contribution in [0.3, 0.4) is 0 Å². The van der Waals surface area contributed by atoms with Crippen LogP contribution in [0, 0.1) is 13.8 Å². The van der Waals surface area contributed by atoms with Crippen LogP contribution in [0.1, 0.15) is 11.1 Å². The molecule has 6 aromatic carbocycles.